The summed E-state index contributed by atoms with van der Waals surface area (Å²) in [7, 11) is 1.46. The van der Waals surface area contributed by atoms with Crippen molar-refractivity contribution in [3.05, 3.63) is 0 Å². The van der Waals surface area contributed by atoms with Crippen LogP contribution in [0.4, 0.5) is 4.39 Å². The third-order valence-corrected chi connectivity index (χ3v) is 1.04. The molecule has 5 heteroatoms. The SMILES string of the molecule is COCCOC(=O)CC(=O)CF. The van der Waals surface area contributed by atoms with Gasteiger partial charge in [0.15, 0.2) is 5.78 Å². The zero-order valence-electron chi connectivity index (χ0n) is 6.84. The average molecular weight is 178 g/mol. The van der Waals surface area contributed by atoms with Gasteiger partial charge in [0.05, 0.1) is 6.61 Å². The molecule has 0 fully saturated rings. The van der Waals surface area contributed by atoms with Gasteiger partial charge < -0.3 is 9.47 Å². The monoisotopic (exact) mass is 178 g/mol. The molecule has 0 bridgehead atoms. The number of ketones is 1. The molecule has 0 spiro atoms. The highest BCUT2D eigenvalue weighted by Crippen LogP contribution is 1.89. The van der Waals surface area contributed by atoms with Crippen molar-refractivity contribution < 1.29 is 23.5 Å². The van der Waals surface area contributed by atoms with Gasteiger partial charge in [0.1, 0.15) is 19.7 Å². The number of carbonyl (C=O) groups is 2. The highest BCUT2D eigenvalue weighted by molar-refractivity contribution is 5.96. The average Bonchev–Trinajstić information content (AvgIpc) is 2.05. The summed E-state index contributed by atoms with van der Waals surface area (Å²) in [6, 6.07) is 0. The van der Waals surface area contributed by atoms with Gasteiger partial charge in [-0.05, 0) is 0 Å². The van der Waals surface area contributed by atoms with Crippen LogP contribution in [0.15, 0.2) is 0 Å². The Bertz CT molecular complexity index is 157. The van der Waals surface area contributed by atoms with Crippen molar-refractivity contribution in [2.45, 2.75) is 6.42 Å². The molecule has 0 saturated carbocycles. The van der Waals surface area contributed by atoms with E-state index in [-0.39, 0.29) is 13.2 Å². The van der Waals surface area contributed by atoms with E-state index >= 15 is 0 Å². The molecule has 0 aliphatic rings. The van der Waals surface area contributed by atoms with E-state index in [1.807, 2.05) is 0 Å². The molecule has 0 rings (SSSR count). The third kappa shape index (κ3) is 5.79. The van der Waals surface area contributed by atoms with Crippen molar-refractivity contribution in [1.29, 1.82) is 0 Å². The predicted octanol–water partition coefficient (Wildman–Crippen LogP) is 0.105. The van der Waals surface area contributed by atoms with Crippen LogP contribution in [0.2, 0.25) is 0 Å². The summed E-state index contributed by atoms with van der Waals surface area (Å²) in [5.41, 5.74) is 0. The number of methoxy groups -OCH3 is 1. The van der Waals surface area contributed by atoms with Crippen LogP contribution in [0.25, 0.3) is 0 Å². The van der Waals surface area contributed by atoms with Gasteiger partial charge in [0.25, 0.3) is 0 Å². The minimum Gasteiger partial charge on any atom is -0.463 e. The van der Waals surface area contributed by atoms with E-state index in [1.54, 1.807) is 0 Å². The summed E-state index contributed by atoms with van der Waals surface area (Å²) in [5.74, 6) is -1.48. The summed E-state index contributed by atoms with van der Waals surface area (Å²) >= 11 is 0. The van der Waals surface area contributed by atoms with Crippen LogP contribution in [0.1, 0.15) is 6.42 Å². The number of ether oxygens (including phenoxy) is 2. The van der Waals surface area contributed by atoms with Gasteiger partial charge in [-0.2, -0.15) is 0 Å². The molecule has 0 aromatic carbocycles. The standard InChI is InChI=1S/C7H11FO4/c1-11-2-3-12-7(10)4-6(9)5-8/h2-5H2,1H3. The number of hydrogen-bond acceptors (Lipinski definition) is 4. The largest absolute Gasteiger partial charge is 0.463 e. The van der Waals surface area contributed by atoms with Crippen LogP contribution in [0.5, 0.6) is 0 Å². The Labute approximate surface area is 69.6 Å². The molecular weight excluding hydrogens is 167 g/mol. The van der Waals surface area contributed by atoms with Gasteiger partial charge in [-0.15, -0.1) is 0 Å². The van der Waals surface area contributed by atoms with Gasteiger partial charge in [0, 0.05) is 7.11 Å². The third-order valence-electron chi connectivity index (χ3n) is 1.04. The van der Waals surface area contributed by atoms with Crippen LogP contribution in [0, 0.1) is 0 Å². The van der Waals surface area contributed by atoms with Crippen molar-refractivity contribution >= 4 is 11.8 Å². The number of carbonyl (C=O) groups excluding carboxylic acids is 2. The number of esters is 1. The second kappa shape index (κ2) is 6.72. The first kappa shape index (κ1) is 11.0. The molecule has 0 unspecified atom stereocenters. The first-order valence-electron chi connectivity index (χ1n) is 3.43. The fourth-order valence-corrected chi connectivity index (χ4v) is 0.498. The lowest BCUT2D eigenvalue weighted by Crippen LogP contribution is -2.14. The number of halogens is 1. The number of rotatable bonds is 6. The number of Topliss-reactive ketones (excluding diaryl/α,β-unsaturated/α-hetero) is 1. The van der Waals surface area contributed by atoms with E-state index in [2.05, 4.69) is 9.47 Å². The zero-order chi connectivity index (χ0) is 9.40. The Morgan fingerprint density at radius 1 is 1.33 bits per heavy atom. The smallest absolute Gasteiger partial charge is 0.313 e. The summed E-state index contributed by atoms with van der Waals surface area (Å²) in [6.45, 7) is -0.760. The second-order valence-corrected chi connectivity index (χ2v) is 2.06. The van der Waals surface area contributed by atoms with Crippen LogP contribution in [-0.2, 0) is 19.1 Å². The van der Waals surface area contributed by atoms with Gasteiger partial charge in [-0.1, -0.05) is 0 Å². The maximum atomic E-state index is 11.6. The minimum atomic E-state index is -1.13. The molecule has 12 heavy (non-hydrogen) atoms. The van der Waals surface area contributed by atoms with Crippen molar-refractivity contribution in [2.24, 2.45) is 0 Å². The van der Waals surface area contributed by atoms with E-state index in [0.29, 0.717) is 0 Å². The number of hydrogen-bond donors (Lipinski definition) is 0. The Hall–Kier alpha value is -0.970. The molecule has 4 nitrogen and oxygen atoms in total. The van der Waals surface area contributed by atoms with Crippen LogP contribution >= 0.6 is 0 Å². The van der Waals surface area contributed by atoms with Gasteiger partial charge in [0.2, 0.25) is 0 Å². The lowest BCUT2D eigenvalue weighted by Gasteiger charge is -2.01. The van der Waals surface area contributed by atoms with E-state index < -0.39 is 24.8 Å². The molecule has 70 valence electrons. The Balaban J connectivity index is 3.40. The first-order chi connectivity index (χ1) is 5.70. The summed E-state index contributed by atoms with van der Waals surface area (Å²) < 4.78 is 20.6. The van der Waals surface area contributed by atoms with Crippen LogP contribution < -0.4 is 0 Å². The molecule has 0 radical (unpaired) electrons. The molecule has 0 N–H and O–H groups in total. The van der Waals surface area contributed by atoms with Gasteiger partial charge >= 0.3 is 5.97 Å². The van der Waals surface area contributed by atoms with E-state index in [4.69, 9.17) is 0 Å². The fraction of sp³-hybridized carbons (Fsp3) is 0.714. The topological polar surface area (TPSA) is 52.6 Å². The van der Waals surface area contributed by atoms with E-state index in [1.165, 1.54) is 7.11 Å². The summed E-state index contributed by atoms with van der Waals surface area (Å²) in [5, 5.41) is 0. The molecule has 0 aromatic heterocycles. The normalized spacial score (nSPS) is 9.50. The molecule has 0 aromatic rings. The fourth-order valence-electron chi connectivity index (χ4n) is 0.498. The van der Waals surface area contributed by atoms with Crippen molar-refractivity contribution in [3.8, 4) is 0 Å². The molecule has 0 amide bonds. The van der Waals surface area contributed by atoms with Crippen molar-refractivity contribution in [2.75, 3.05) is 27.0 Å². The molecule has 0 aliphatic carbocycles. The lowest BCUT2D eigenvalue weighted by molar-refractivity contribution is -0.147. The highest BCUT2D eigenvalue weighted by Gasteiger charge is 2.09. The zero-order valence-corrected chi connectivity index (χ0v) is 6.84. The van der Waals surface area contributed by atoms with Crippen LogP contribution in [0.3, 0.4) is 0 Å². The lowest BCUT2D eigenvalue weighted by atomic mass is 10.3. The van der Waals surface area contributed by atoms with E-state index in [0.717, 1.165) is 0 Å². The maximum Gasteiger partial charge on any atom is 0.313 e. The first-order valence-corrected chi connectivity index (χ1v) is 3.43. The Morgan fingerprint density at radius 2 is 2.00 bits per heavy atom. The summed E-state index contributed by atoms with van der Waals surface area (Å²) in [4.78, 5) is 21.0. The minimum absolute atomic E-state index is 0.0922. The van der Waals surface area contributed by atoms with Gasteiger partial charge in [-0.3, -0.25) is 9.59 Å². The number of alkyl halides is 1. The molecule has 0 aliphatic heterocycles. The van der Waals surface area contributed by atoms with Crippen molar-refractivity contribution in [3.63, 3.8) is 0 Å². The molecular formula is C7H11FO4. The molecule has 0 atom stereocenters. The van der Waals surface area contributed by atoms with Gasteiger partial charge in [-0.25, -0.2) is 4.39 Å². The molecule has 0 saturated heterocycles. The quantitative estimate of drug-likeness (QED) is 0.329. The maximum absolute atomic E-state index is 11.6. The second-order valence-electron chi connectivity index (χ2n) is 2.06. The Morgan fingerprint density at radius 3 is 2.50 bits per heavy atom. The predicted molar refractivity (Wildman–Crippen MR) is 38.4 cm³/mol. The highest BCUT2D eigenvalue weighted by atomic mass is 19.1. The molecule has 0 heterocycles. The summed E-state index contributed by atoms with van der Waals surface area (Å²) in [6.07, 6.45) is -0.500. The van der Waals surface area contributed by atoms with Crippen molar-refractivity contribution in [1.82, 2.24) is 0 Å². The van der Waals surface area contributed by atoms with Crippen LogP contribution in [-0.4, -0.2) is 38.8 Å². The Kier molecular flexibility index (Phi) is 6.18. The van der Waals surface area contributed by atoms with E-state index in [9.17, 15) is 14.0 Å².